The van der Waals surface area contributed by atoms with Crippen molar-refractivity contribution in [2.24, 2.45) is 5.41 Å². The number of rotatable bonds is 6. The molecule has 0 amide bonds. The smallest absolute Gasteiger partial charge is 0.313 e. The van der Waals surface area contributed by atoms with Crippen LogP contribution in [-0.2, 0) is 16.1 Å². The van der Waals surface area contributed by atoms with Gasteiger partial charge < -0.3 is 9.26 Å². The molecule has 2 bridgehead atoms. The number of carbonyl (C=O) groups excluding carboxylic acids is 1. The Morgan fingerprint density at radius 1 is 1.31 bits per heavy atom. The highest BCUT2D eigenvalue weighted by Gasteiger charge is 2.59. The van der Waals surface area contributed by atoms with Crippen LogP contribution in [0.1, 0.15) is 45.4 Å². The standard InChI is InChI=1S/C20H25N3O3/c1-3-20(19(24)25-4-2)12-15-10-11-16(20)23(15)13-17-21-18(26-22-17)14-8-6-5-7-9-14/h5-9,15-16H,3-4,10-13H2,1-2H3/t15-,16+,20+/m1/s1. The third-order valence-corrected chi connectivity index (χ3v) is 6.01. The highest BCUT2D eigenvalue weighted by atomic mass is 16.5. The Morgan fingerprint density at radius 2 is 2.12 bits per heavy atom. The summed E-state index contributed by atoms with van der Waals surface area (Å²) in [5.74, 6) is 1.17. The number of hydrogen-bond acceptors (Lipinski definition) is 6. The molecule has 2 aromatic rings. The number of nitrogens with zero attached hydrogens (tertiary/aromatic N) is 3. The topological polar surface area (TPSA) is 68.5 Å². The Labute approximate surface area is 153 Å². The molecule has 2 saturated heterocycles. The van der Waals surface area contributed by atoms with Crippen LogP contribution < -0.4 is 0 Å². The second-order valence-corrected chi connectivity index (χ2v) is 7.24. The lowest BCUT2D eigenvalue weighted by Gasteiger charge is -2.34. The molecule has 26 heavy (non-hydrogen) atoms. The number of benzene rings is 1. The van der Waals surface area contributed by atoms with Gasteiger partial charge in [-0.2, -0.15) is 4.98 Å². The molecule has 0 saturated carbocycles. The summed E-state index contributed by atoms with van der Waals surface area (Å²) < 4.78 is 10.9. The van der Waals surface area contributed by atoms with Gasteiger partial charge in [0.1, 0.15) is 0 Å². The van der Waals surface area contributed by atoms with Crippen LogP contribution in [0.5, 0.6) is 0 Å². The normalized spacial score (nSPS) is 27.8. The molecule has 2 aliphatic heterocycles. The first-order chi connectivity index (χ1) is 12.7. The summed E-state index contributed by atoms with van der Waals surface area (Å²) in [5.41, 5.74) is 0.537. The molecule has 4 rings (SSSR count). The Morgan fingerprint density at radius 3 is 2.85 bits per heavy atom. The van der Waals surface area contributed by atoms with Crippen LogP contribution in [0.25, 0.3) is 11.5 Å². The summed E-state index contributed by atoms with van der Waals surface area (Å²) in [6.45, 7) is 5.02. The molecule has 2 aliphatic rings. The summed E-state index contributed by atoms with van der Waals surface area (Å²) in [6, 6.07) is 10.4. The van der Waals surface area contributed by atoms with E-state index in [9.17, 15) is 4.79 Å². The molecule has 1 aromatic carbocycles. The van der Waals surface area contributed by atoms with Crippen molar-refractivity contribution in [3.8, 4) is 11.5 Å². The average molecular weight is 355 g/mol. The zero-order valence-corrected chi connectivity index (χ0v) is 15.4. The lowest BCUT2D eigenvalue weighted by Crippen LogP contribution is -2.44. The summed E-state index contributed by atoms with van der Waals surface area (Å²) in [4.78, 5) is 19.6. The van der Waals surface area contributed by atoms with E-state index in [1.165, 1.54) is 0 Å². The van der Waals surface area contributed by atoms with E-state index in [0.717, 1.165) is 31.2 Å². The van der Waals surface area contributed by atoms with Crippen LogP contribution in [0.3, 0.4) is 0 Å². The zero-order valence-electron chi connectivity index (χ0n) is 15.4. The van der Waals surface area contributed by atoms with Gasteiger partial charge in [-0.1, -0.05) is 30.3 Å². The lowest BCUT2D eigenvalue weighted by atomic mass is 9.72. The summed E-state index contributed by atoms with van der Waals surface area (Å²) in [7, 11) is 0. The molecule has 1 aromatic heterocycles. The minimum Gasteiger partial charge on any atom is -0.466 e. The maximum atomic E-state index is 12.7. The maximum absolute atomic E-state index is 12.7. The molecule has 0 aliphatic carbocycles. The predicted molar refractivity (Wildman–Crippen MR) is 96.1 cm³/mol. The highest BCUT2D eigenvalue weighted by molar-refractivity contribution is 5.78. The van der Waals surface area contributed by atoms with E-state index in [2.05, 4.69) is 22.0 Å². The molecule has 2 fully saturated rings. The first kappa shape index (κ1) is 17.2. The average Bonchev–Trinajstić information content (AvgIpc) is 3.37. The third kappa shape index (κ3) is 2.72. The molecule has 6 nitrogen and oxygen atoms in total. The summed E-state index contributed by atoms with van der Waals surface area (Å²) in [5, 5.41) is 4.16. The van der Waals surface area contributed by atoms with Crippen LogP contribution in [0, 0.1) is 5.41 Å². The summed E-state index contributed by atoms with van der Waals surface area (Å²) >= 11 is 0. The molecular formula is C20H25N3O3. The molecule has 3 heterocycles. The monoisotopic (exact) mass is 355 g/mol. The van der Waals surface area contributed by atoms with Crippen LogP contribution in [0.2, 0.25) is 0 Å². The first-order valence-electron chi connectivity index (χ1n) is 9.49. The lowest BCUT2D eigenvalue weighted by molar-refractivity contribution is -0.157. The fourth-order valence-electron chi connectivity index (χ4n) is 4.74. The molecular weight excluding hydrogens is 330 g/mol. The number of hydrogen-bond donors (Lipinski definition) is 0. The van der Waals surface area contributed by atoms with Gasteiger partial charge in [0.05, 0.1) is 18.6 Å². The van der Waals surface area contributed by atoms with Gasteiger partial charge in [0.15, 0.2) is 5.82 Å². The zero-order chi connectivity index (χ0) is 18.1. The van der Waals surface area contributed by atoms with Crippen molar-refractivity contribution in [3.05, 3.63) is 36.2 Å². The number of aromatic nitrogens is 2. The minimum absolute atomic E-state index is 0.0437. The number of esters is 1. The number of carbonyl (C=O) groups is 1. The van der Waals surface area contributed by atoms with Crippen LogP contribution >= 0.6 is 0 Å². The van der Waals surface area contributed by atoms with Gasteiger partial charge in [-0.15, -0.1) is 0 Å². The second-order valence-electron chi connectivity index (χ2n) is 7.24. The van der Waals surface area contributed by atoms with E-state index in [1.807, 2.05) is 37.3 Å². The van der Waals surface area contributed by atoms with Gasteiger partial charge in [0.25, 0.3) is 5.89 Å². The SMILES string of the molecule is CCOC(=O)[C@@]1(CC)C[C@H]2CC[C@@H]1N2Cc1noc(-c2ccccc2)n1. The van der Waals surface area contributed by atoms with E-state index < -0.39 is 0 Å². The maximum Gasteiger partial charge on any atom is 0.313 e. The van der Waals surface area contributed by atoms with Crippen molar-refractivity contribution in [1.29, 1.82) is 0 Å². The van der Waals surface area contributed by atoms with Crippen molar-refractivity contribution >= 4 is 5.97 Å². The second kappa shape index (κ2) is 6.83. The Hall–Kier alpha value is -2.21. The largest absolute Gasteiger partial charge is 0.466 e. The van der Waals surface area contributed by atoms with E-state index in [-0.39, 0.29) is 17.4 Å². The number of fused-ring (bicyclic) bond motifs is 2. The minimum atomic E-state index is -0.384. The Kier molecular flexibility index (Phi) is 4.53. The van der Waals surface area contributed by atoms with Gasteiger partial charge in [-0.25, -0.2) is 0 Å². The van der Waals surface area contributed by atoms with Crippen molar-refractivity contribution in [3.63, 3.8) is 0 Å². The third-order valence-electron chi connectivity index (χ3n) is 6.01. The fraction of sp³-hybridized carbons (Fsp3) is 0.550. The molecule has 0 N–H and O–H groups in total. The molecule has 0 spiro atoms. The van der Waals surface area contributed by atoms with E-state index in [1.54, 1.807) is 0 Å². The predicted octanol–water partition coefficient (Wildman–Crippen LogP) is 3.43. The molecule has 6 heteroatoms. The van der Waals surface area contributed by atoms with E-state index in [0.29, 0.717) is 30.9 Å². The van der Waals surface area contributed by atoms with Gasteiger partial charge in [-0.3, -0.25) is 9.69 Å². The quantitative estimate of drug-likeness (QED) is 0.740. The van der Waals surface area contributed by atoms with Crippen molar-refractivity contribution in [2.75, 3.05) is 6.61 Å². The molecule has 0 radical (unpaired) electrons. The van der Waals surface area contributed by atoms with Crippen molar-refractivity contribution < 1.29 is 14.1 Å². The van der Waals surface area contributed by atoms with Gasteiger partial charge in [0, 0.05) is 17.6 Å². The Balaban J connectivity index is 1.53. The Bertz CT molecular complexity index is 776. The van der Waals surface area contributed by atoms with Gasteiger partial charge in [0.2, 0.25) is 0 Å². The summed E-state index contributed by atoms with van der Waals surface area (Å²) in [6.07, 6.45) is 3.83. The van der Waals surface area contributed by atoms with E-state index in [4.69, 9.17) is 9.26 Å². The molecule has 3 atom stereocenters. The van der Waals surface area contributed by atoms with E-state index >= 15 is 0 Å². The van der Waals surface area contributed by atoms with Gasteiger partial charge in [-0.05, 0) is 44.7 Å². The molecule has 0 unspecified atom stereocenters. The van der Waals surface area contributed by atoms with Crippen LogP contribution in [-0.4, -0.2) is 39.7 Å². The fourth-order valence-corrected chi connectivity index (χ4v) is 4.74. The van der Waals surface area contributed by atoms with Crippen molar-refractivity contribution in [2.45, 2.75) is 58.2 Å². The van der Waals surface area contributed by atoms with Gasteiger partial charge >= 0.3 is 5.97 Å². The molecule has 138 valence electrons. The van der Waals surface area contributed by atoms with Crippen LogP contribution in [0.4, 0.5) is 0 Å². The van der Waals surface area contributed by atoms with Crippen LogP contribution in [0.15, 0.2) is 34.9 Å². The van der Waals surface area contributed by atoms with Crippen molar-refractivity contribution in [1.82, 2.24) is 15.0 Å². The first-order valence-corrected chi connectivity index (χ1v) is 9.49. The highest BCUT2D eigenvalue weighted by Crippen LogP contribution is 2.52. The number of ether oxygens (including phenoxy) is 1.